The predicted octanol–water partition coefficient (Wildman–Crippen LogP) is 0.799. The summed E-state index contributed by atoms with van der Waals surface area (Å²) in [6, 6.07) is 1.73. The highest BCUT2D eigenvalue weighted by atomic mass is 16.1. The summed E-state index contributed by atoms with van der Waals surface area (Å²) in [5.41, 5.74) is 0.906. The molecule has 0 bridgehead atoms. The number of nitrogens with zero attached hydrogens (tertiary/aromatic N) is 3. The molecule has 0 aliphatic rings. The van der Waals surface area contributed by atoms with Gasteiger partial charge in [-0.15, -0.1) is 0 Å². The van der Waals surface area contributed by atoms with E-state index in [1.165, 1.54) is 6.33 Å². The van der Waals surface area contributed by atoms with Crippen molar-refractivity contribution >= 4 is 23.7 Å². The molecule has 0 aliphatic carbocycles. The minimum absolute atomic E-state index is 0.279. The minimum Gasteiger partial charge on any atom is -0.346 e. The molecule has 0 spiro atoms. The number of H-pyrrole nitrogens is 1. The van der Waals surface area contributed by atoms with Gasteiger partial charge < -0.3 is 4.98 Å². The molecule has 2 heterocycles. The molecule has 2 aromatic heterocycles. The van der Waals surface area contributed by atoms with Crippen molar-refractivity contribution in [1.82, 2.24) is 15.0 Å². The van der Waals surface area contributed by atoms with Crippen molar-refractivity contribution in [2.24, 2.45) is 4.99 Å². The first-order chi connectivity index (χ1) is 6.33. The molecule has 2 rings (SSSR count). The lowest BCUT2D eigenvalue weighted by Crippen LogP contribution is -1.99. The van der Waals surface area contributed by atoms with Gasteiger partial charge in [-0.3, -0.25) is 4.79 Å². The number of fused-ring (bicyclic) bond motifs is 1. The monoisotopic (exact) mass is 174 g/mol. The fraction of sp³-hybridized carbons (Fsp3) is 0. The number of aliphatic imine (C=N–C) groups is 1. The Balaban J connectivity index is 2.74. The van der Waals surface area contributed by atoms with E-state index < -0.39 is 5.91 Å². The van der Waals surface area contributed by atoms with Crippen molar-refractivity contribution in [3.63, 3.8) is 0 Å². The topological polar surface area (TPSA) is 71.0 Å². The number of amides is 1. The third-order valence-corrected chi connectivity index (χ3v) is 1.70. The van der Waals surface area contributed by atoms with Gasteiger partial charge in [0.1, 0.15) is 17.7 Å². The average Bonchev–Trinajstić information content (AvgIpc) is 2.63. The van der Waals surface area contributed by atoms with E-state index in [9.17, 15) is 4.79 Å². The maximum Gasteiger partial charge on any atom is 0.295 e. The smallest absolute Gasteiger partial charge is 0.295 e. The largest absolute Gasteiger partial charge is 0.346 e. The molecule has 0 unspecified atom stereocenters. The van der Waals surface area contributed by atoms with E-state index in [4.69, 9.17) is 0 Å². The molecule has 0 atom stereocenters. The first kappa shape index (κ1) is 7.60. The molecule has 1 amide bonds. The number of rotatable bonds is 1. The van der Waals surface area contributed by atoms with Gasteiger partial charge in [0.25, 0.3) is 5.91 Å². The van der Waals surface area contributed by atoms with Gasteiger partial charge in [-0.1, -0.05) is 0 Å². The molecular weight excluding hydrogens is 168 g/mol. The Kier molecular flexibility index (Phi) is 1.63. The summed E-state index contributed by atoms with van der Waals surface area (Å²) in [6.07, 6.45) is 3.01. The van der Waals surface area contributed by atoms with Gasteiger partial charge in [0.05, 0.1) is 5.39 Å². The molecule has 0 aromatic carbocycles. The van der Waals surface area contributed by atoms with E-state index in [0.717, 1.165) is 0 Å². The number of hydrogen-bond donors (Lipinski definition) is 1. The maximum atomic E-state index is 11.2. The van der Waals surface area contributed by atoms with Crippen molar-refractivity contribution in [1.29, 1.82) is 0 Å². The van der Waals surface area contributed by atoms with Gasteiger partial charge in [-0.25, -0.2) is 15.0 Å². The van der Waals surface area contributed by atoms with Gasteiger partial charge in [0.15, 0.2) is 0 Å². The van der Waals surface area contributed by atoms with Crippen LogP contribution in [-0.4, -0.2) is 27.6 Å². The average molecular weight is 174 g/mol. The van der Waals surface area contributed by atoms with E-state index in [0.29, 0.717) is 11.0 Å². The van der Waals surface area contributed by atoms with Crippen LogP contribution in [0.5, 0.6) is 0 Å². The summed E-state index contributed by atoms with van der Waals surface area (Å²) in [4.78, 5) is 25.1. The quantitative estimate of drug-likeness (QED) is 0.650. The number of carbonyl (C=O) groups excluding carboxylic acids is 1. The number of aromatic nitrogens is 3. The zero-order valence-corrected chi connectivity index (χ0v) is 6.69. The van der Waals surface area contributed by atoms with Crippen molar-refractivity contribution in [3.05, 3.63) is 24.3 Å². The van der Waals surface area contributed by atoms with Crippen molar-refractivity contribution < 1.29 is 4.79 Å². The van der Waals surface area contributed by atoms with E-state index in [2.05, 4.69) is 26.7 Å². The molecule has 2 aromatic rings. The highest BCUT2D eigenvalue weighted by Gasteiger charge is 2.10. The lowest BCUT2D eigenvalue weighted by Gasteiger charge is -1.94. The molecule has 0 aliphatic heterocycles. The first-order valence-corrected chi connectivity index (χ1v) is 3.62. The van der Waals surface area contributed by atoms with Crippen LogP contribution in [-0.2, 0) is 0 Å². The second kappa shape index (κ2) is 2.78. The second-order valence-corrected chi connectivity index (χ2v) is 2.43. The normalized spacial score (nSPS) is 10.2. The maximum absolute atomic E-state index is 11.2. The van der Waals surface area contributed by atoms with Crippen LogP contribution in [0.1, 0.15) is 10.5 Å². The predicted molar refractivity (Wildman–Crippen MR) is 47.8 cm³/mol. The van der Waals surface area contributed by atoms with Gasteiger partial charge in [-0.2, -0.15) is 0 Å². The highest BCUT2D eigenvalue weighted by Crippen LogP contribution is 2.12. The van der Waals surface area contributed by atoms with Crippen LogP contribution in [0.4, 0.5) is 0 Å². The van der Waals surface area contributed by atoms with Gasteiger partial charge >= 0.3 is 0 Å². The standard InChI is InChI=1S/C8H6N4O/c1-9-8(13)6-5-2-3-10-7(5)12-4-11-6/h2-4H,1H2,(H,10,11,12). The Morgan fingerprint density at radius 3 is 3.15 bits per heavy atom. The fourth-order valence-electron chi connectivity index (χ4n) is 1.12. The SMILES string of the molecule is C=NC(=O)c1ncnc2[nH]ccc12. The van der Waals surface area contributed by atoms with Gasteiger partial charge in [0.2, 0.25) is 0 Å². The molecule has 64 valence electrons. The summed E-state index contributed by atoms with van der Waals surface area (Å²) in [5, 5.41) is 0.667. The molecular formula is C8H6N4O. The fourth-order valence-corrected chi connectivity index (χ4v) is 1.12. The molecule has 0 saturated heterocycles. The third-order valence-electron chi connectivity index (χ3n) is 1.70. The molecule has 13 heavy (non-hydrogen) atoms. The zero-order valence-electron chi connectivity index (χ0n) is 6.69. The molecule has 0 fully saturated rings. The van der Waals surface area contributed by atoms with Crippen LogP contribution < -0.4 is 0 Å². The summed E-state index contributed by atoms with van der Waals surface area (Å²) >= 11 is 0. The lowest BCUT2D eigenvalue weighted by atomic mass is 10.3. The summed E-state index contributed by atoms with van der Waals surface area (Å²) in [7, 11) is 0. The Hall–Kier alpha value is -2.04. The summed E-state index contributed by atoms with van der Waals surface area (Å²) in [5.74, 6) is -0.438. The lowest BCUT2D eigenvalue weighted by molar-refractivity contribution is 0.100. The van der Waals surface area contributed by atoms with Crippen LogP contribution in [0.2, 0.25) is 0 Å². The molecule has 0 saturated carbocycles. The summed E-state index contributed by atoms with van der Waals surface area (Å²) < 4.78 is 0. The Bertz CT molecular complexity index is 474. The molecule has 5 heteroatoms. The van der Waals surface area contributed by atoms with Gasteiger partial charge in [0, 0.05) is 6.20 Å². The molecule has 0 radical (unpaired) electrons. The minimum atomic E-state index is -0.438. The third kappa shape index (κ3) is 1.10. The summed E-state index contributed by atoms with van der Waals surface area (Å²) in [6.45, 7) is 3.16. The number of nitrogens with one attached hydrogen (secondary N) is 1. The van der Waals surface area contributed by atoms with E-state index in [1.54, 1.807) is 12.3 Å². The molecule has 1 N–H and O–H groups in total. The van der Waals surface area contributed by atoms with Crippen molar-refractivity contribution in [2.45, 2.75) is 0 Å². The van der Waals surface area contributed by atoms with Gasteiger partial charge in [-0.05, 0) is 12.8 Å². The van der Waals surface area contributed by atoms with E-state index in [1.807, 2.05) is 0 Å². The first-order valence-electron chi connectivity index (χ1n) is 3.62. The Morgan fingerprint density at radius 1 is 1.54 bits per heavy atom. The molecule has 5 nitrogen and oxygen atoms in total. The second-order valence-electron chi connectivity index (χ2n) is 2.43. The van der Waals surface area contributed by atoms with Crippen molar-refractivity contribution in [2.75, 3.05) is 0 Å². The Labute approximate surface area is 73.5 Å². The van der Waals surface area contributed by atoms with Crippen LogP contribution in [0.15, 0.2) is 23.6 Å². The highest BCUT2D eigenvalue weighted by molar-refractivity contribution is 6.05. The van der Waals surface area contributed by atoms with Crippen molar-refractivity contribution in [3.8, 4) is 0 Å². The number of hydrogen-bond acceptors (Lipinski definition) is 3. The van der Waals surface area contributed by atoms with Crippen LogP contribution in [0.25, 0.3) is 11.0 Å². The number of carbonyl (C=O) groups is 1. The Morgan fingerprint density at radius 2 is 2.38 bits per heavy atom. The van der Waals surface area contributed by atoms with E-state index in [-0.39, 0.29) is 5.69 Å². The van der Waals surface area contributed by atoms with Crippen LogP contribution >= 0.6 is 0 Å². The van der Waals surface area contributed by atoms with E-state index >= 15 is 0 Å². The van der Waals surface area contributed by atoms with Crippen LogP contribution in [0.3, 0.4) is 0 Å². The van der Waals surface area contributed by atoms with Crippen LogP contribution in [0, 0.1) is 0 Å². The number of aromatic amines is 1. The zero-order chi connectivity index (χ0) is 9.26.